The van der Waals surface area contributed by atoms with Gasteiger partial charge in [-0.25, -0.2) is 5.01 Å². The number of anilines is 4. The van der Waals surface area contributed by atoms with E-state index in [1.165, 1.54) is 0 Å². The number of nitrogens with zero attached hydrogens (tertiary/aromatic N) is 7. The number of allylic oxidation sites excluding steroid dienone is 1. The predicted molar refractivity (Wildman–Crippen MR) is 129 cm³/mol. The van der Waals surface area contributed by atoms with Crippen LogP contribution >= 0.6 is 0 Å². The van der Waals surface area contributed by atoms with Gasteiger partial charge in [0.05, 0.1) is 11.4 Å². The maximum atomic E-state index is 10.3. The van der Waals surface area contributed by atoms with Gasteiger partial charge in [0.25, 0.3) is 0 Å². The highest BCUT2D eigenvalue weighted by Crippen LogP contribution is 2.29. The Morgan fingerprint density at radius 2 is 1.82 bits per heavy atom. The van der Waals surface area contributed by atoms with E-state index in [1.807, 2.05) is 75.5 Å². The minimum Gasteiger partial charge on any atom is -0.494 e. The molecule has 2 heterocycles. The third-order valence-electron chi connectivity index (χ3n) is 4.92. The lowest BCUT2D eigenvalue weighted by Gasteiger charge is -2.23. The number of rotatable bonds is 6. The second kappa shape index (κ2) is 8.67. The zero-order valence-corrected chi connectivity index (χ0v) is 18.6. The highest BCUT2D eigenvalue weighted by Gasteiger charge is 2.34. The van der Waals surface area contributed by atoms with Crippen molar-refractivity contribution in [3.8, 4) is 0 Å². The number of azo groups is 1. The molecular formula is C23H25N9O. The van der Waals surface area contributed by atoms with Crippen LogP contribution in [0, 0.1) is 0 Å². The van der Waals surface area contributed by atoms with Crippen LogP contribution < -0.4 is 21.1 Å². The molecule has 1 aromatic heterocycles. The van der Waals surface area contributed by atoms with Gasteiger partial charge in [0.15, 0.2) is 11.5 Å². The van der Waals surface area contributed by atoms with Gasteiger partial charge >= 0.3 is 0 Å². The molecular weight excluding hydrogens is 418 g/mol. The summed E-state index contributed by atoms with van der Waals surface area (Å²) in [5, 5.41) is 20.6. The van der Waals surface area contributed by atoms with Gasteiger partial charge in [-0.2, -0.15) is 30.6 Å². The summed E-state index contributed by atoms with van der Waals surface area (Å²) in [6, 6.07) is 16.9. The fraction of sp³-hybridized carbons (Fsp3) is 0.174. The molecule has 1 aliphatic rings. The van der Waals surface area contributed by atoms with Crippen LogP contribution in [0.3, 0.4) is 0 Å². The van der Waals surface area contributed by atoms with Gasteiger partial charge in [-0.3, -0.25) is 0 Å². The lowest BCUT2D eigenvalue weighted by atomic mass is 10.2. The van der Waals surface area contributed by atoms with Gasteiger partial charge < -0.3 is 15.7 Å². The minimum atomic E-state index is -0.892. The Bertz CT molecular complexity index is 1220. The smallest absolute Gasteiger partial charge is 0.234 e. The lowest BCUT2D eigenvalue weighted by molar-refractivity contribution is 0.382. The van der Waals surface area contributed by atoms with Crippen molar-refractivity contribution in [2.75, 3.05) is 22.7 Å². The standard InChI is InChI=1S/C23H25N9O/c1-15(2)20-25-21(24)27-22(26-20)31(4)17-12-10-16(11-13-17)28-29-23(3)14-19(33)32(30-23)18-8-6-5-7-9-18/h5-14,30,33H,1H2,2-4H3,(H2,24,25,26,27). The molecule has 0 amide bonds. The molecule has 1 unspecified atom stereocenters. The van der Waals surface area contributed by atoms with Gasteiger partial charge in [-0.1, -0.05) is 24.8 Å². The molecule has 10 nitrogen and oxygen atoms in total. The first-order chi connectivity index (χ1) is 15.7. The van der Waals surface area contributed by atoms with Crippen LogP contribution in [0.15, 0.2) is 83.4 Å². The molecule has 10 heteroatoms. The largest absolute Gasteiger partial charge is 0.494 e. The van der Waals surface area contributed by atoms with Crippen molar-refractivity contribution >= 4 is 34.5 Å². The summed E-state index contributed by atoms with van der Waals surface area (Å²) in [6.07, 6.45) is 1.61. The van der Waals surface area contributed by atoms with E-state index in [0.29, 0.717) is 23.0 Å². The molecule has 1 atom stereocenters. The second-order valence-corrected chi connectivity index (χ2v) is 7.81. The number of aliphatic hydroxyl groups excluding tert-OH is 1. The molecule has 0 saturated heterocycles. The third-order valence-corrected chi connectivity index (χ3v) is 4.92. The SMILES string of the molecule is C=C(C)c1nc(N)nc(N(C)c2ccc(N=NC3(C)C=C(O)N(c4ccccc4)N3)cc2)n1. The molecule has 3 aromatic rings. The molecule has 4 rings (SSSR count). The summed E-state index contributed by atoms with van der Waals surface area (Å²) in [5.74, 6) is 1.06. The summed E-state index contributed by atoms with van der Waals surface area (Å²) >= 11 is 0. The van der Waals surface area contributed by atoms with Gasteiger partial charge in [0.1, 0.15) is 0 Å². The van der Waals surface area contributed by atoms with Crippen molar-refractivity contribution in [3.05, 3.63) is 79.0 Å². The number of benzene rings is 2. The Balaban J connectivity index is 1.48. The first kappa shape index (κ1) is 21.9. The van der Waals surface area contributed by atoms with Gasteiger partial charge in [0, 0.05) is 18.8 Å². The fourth-order valence-corrected chi connectivity index (χ4v) is 3.20. The zero-order chi connectivity index (χ0) is 23.6. The maximum absolute atomic E-state index is 10.3. The summed E-state index contributed by atoms with van der Waals surface area (Å²) in [6.45, 7) is 7.49. The molecule has 2 aromatic carbocycles. The number of hydrogen-bond acceptors (Lipinski definition) is 10. The number of nitrogen functional groups attached to an aromatic ring is 1. The summed E-state index contributed by atoms with van der Waals surface area (Å²) in [7, 11) is 1.84. The highest BCUT2D eigenvalue weighted by atomic mass is 16.3. The van der Waals surface area contributed by atoms with E-state index in [2.05, 4.69) is 37.2 Å². The molecule has 0 spiro atoms. The first-order valence-corrected chi connectivity index (χ1v) is 10.2. The Morgan fingerprint density at radius 1 is 1.12 bits per heavy atom. The van der Waals surface area contributed by atoms with Crippen LogP contribution in [0.5, 0.6) is 0 Å². The van der Waals surface area contributed by atoms with E-state index in [4.69, 9.17) is 5.73 Å². The van der Waals surface area contributed by atoms with Crippen molar-refractivity contribution < 1.29 is 5.11 Å². The van der Waals surface area contributed by atoms with E-state index < -0.39 is 5.66 Å². The van der Waals surface area contributed by atoms with Gasteiger partial charge in [0.2, 0.25) is 17.8 Å². The fourth-order valence-electron chi connectivity index (χ4n) is 3.20. The van der Waals surface area contributed by atoms with Crippen LogP contribution in [0.2, 0.25) is 0 Å². The molecule has 0 fully saturated rings. The van der Waals surface area contributed by atoms with Gasteiger partial charge in [-0.05, 0) is 55.8 Å². The van der Waals surface area contributed by atoms with E-state index in [9.17, 15) is 5.11 Å². The summed E-state index contributed by atoms with van der Waals surface area (Å²) in [5.41, 5.74) is 11.1. The average Bonchev–Trinajstić information content (AvgIpc) is 3.12. The van der Waals surface area contributed by atoms with E-state index in [-0.39, 0.29) is 11.8 Å². The average molecular weight is 444 g/mol. The van der Waals surface area contributed by atoms with Crippen LogP contribution in [-0.4, -0.2) is 32.8 Å². The quantitative estimate of drug-likeness (QED) is 0.476. The van der Waals surface area contributed by atoms with Crippen molar-refractivity contribution in [2.45, 2.75) is 19.5 Å². The number of nitrogens with two attached hydrogens (primary N) is 1. The van der Waals surface area contributed by atoms with Crippen LogP contribution in [-0.2, 0) is 0 Å². The van der Waals surface area contributed by atoms with E-state index in [1.54, 1.807) is 16.0 Å². The summed E-state index contributed by atoms with van der Waals surface area (Å²) in [4.78, 5) is 14.5. The highest BCUT2D eigenvalue weighted by molar-refractivity contribution is 5.62. The Morgan fingerprint density at radius 3 is 2.48 bits per heavy atom. The van der Waals surface area contributed by atoms with Crippen molar-refractivity contribution in [2.24, 2.45) is 10.2 Å². The monoisotopic (exact) mass is 443 g/mol. The van der Waals surface area contributed by atoms with Crippen LogP contribution in [0.4, 0.5) is 29.0 Å². The first-order valence-electron chi connectivity index (χ1n) is 10.2. The zero-order valence-electron chi connectivity index (χ0n) is 18.6. The molecule has 1 aliphatic heterocycles. The van der Waals surface area contributed by atoms with Crippen molar-refractivity contribution in [1.82, 2.24) is 20.4 Å². The summed E-state index contributed by atoms with van der Waals surface area (Å²) < 4.78 is 0. The van der Waals surface area contributed by atoms with Crippen LogP contribution in [0.25, 0.3) is 5.57 Å². The molecule has 168 valence electrons. The third kappa shape index (κ3) is 4.80. The molecule has 0 aliphatic carbocycles. The number of nitrogens with one attached hydrogen (secondary N) is 1. The van der Waals surface area contributed by atoms with E-state index >= 15 is 0 Å². The Kier molecular flexibility index (Phi) is 5.76. The molecule has 0 bridgehead atoms. The van der Waals surface area contributed by atoms with Crippen molar-refractivity contribution in [3.63, 3.8) is 0 Å². The molecule has 0 saturated carbocycles. The topological polar surface area (TPSA) is 128 Å². The Hall–Kier alpha value is -4.31. The predicted octanol–water partition coefficient (Wildman–Crippen LogP) is 4.48. The normalized spacial score (nSPS) is 17.9. The second-order valence-electron chi connectivity index (χ2n) is 7.81. The molecule has 0 radical (unpaired) electrons. The van der Waals surface area contributed by atoms with Crippen LogP contribution in [0.1, 0.15) is 19.7 Å². The van der Waals surface area contributed by atoms with E-state index in [0.717, 1.165) is 11.4 Å². The number of hydrogen-bond donors (Lipinski definition) is 3. The number of para-hydroxylation sites is 1. The maximum Gasteiger partial charge on any atom is 0.234 e. The molecule has 33 heavy (non-hydrogen) atoms. The number of aliphatic hydroxyl groups is 1. The van der Waals surface area contributed by atoms with Gasteiger partial charge in [-0.15, -0.1) is 0 Å². The lowest BCUT2D eigenvalue weighted by Crippen LogP contribution is -2.43. The molecule has 4 N–H and O–H groups in total. The number of hydrazine groups is 1. The minimum absolute atomic E-state index is 0.0605. The number of aromatic nitrogens is 3. The Labute approximate surface area is 191 Å². The van der Waals surface area contributed by atoms with Crippen molar-refractivity contribution in [1.29, 1.82) is 0 Å².